The smallest absolute Gasteiger partial charge is 0.135 e. The molecule has 48 heavy (non-hydrogen) atoms. The molecule has 10 rings (SSSR count). The molecule has 4 nitrogen and oxygen atoms in total. The average Bonchev–Trinajstić information content (AvgIpc) is 3.79. The van der Waals surface area contributed by atoms with E-state index in [1.807, 2.05) is 12.1 Å². The van der Waals surface area contributed by atoms with Crippen molar-refractivity contribution < 1.29 is 4.42 Å². The van der Waals surface area contributed by atoms with Crippen LogP contribution >= 0.6 is 0 Å². The van der Waals surface area contributed by atoms with E-state index in [-0.39, 0.29) is 0 Å². The van der Waals surface area contributed by atoms with Crippen LogP contribution < -0.4 is 0 Å². The van der Waals surface area contributed by atoms with Crippen molar-refractivity contribution in [1.29, 1.82) is 5.26 Å². The van der Waals surface area contributed by atoms with Gasteiger partial charge >= 0.3 is 0 Å². The fraction of sp³-hybridized carbons (Fsp3) is 0.0227. The van der Waals surface area contributed by atoms with Gasteiger partial charge < -0.3 is 13.6 Å². The molecule has 0 saturated carbocycles. The van der Waals surface area contributed by atoms with Gasteiger partial charge in [-0.3, -0.25) is 0 Å². The Balaban J connectivity index is 1.16. The Hall–Kier alpha value is -6.57. The zero-order chi connectivity index (χ0) is 31.9. The Morgan fingerprint density at radius 1 is 0.500 bits per heavy atom. The molecule has 3 aromatic heterocycles. The first kappa shape index (κ1) is 26.6. The number of fused-ring (bicyclic) bond motifs is 9. The van der Waals surface area contributed by atoms with Gasteiger partial charge in [0.1, 0.15) is 17.2 Å². The molecule has 0 aliphatic rings. The van der Waals surface area contributed by atoms with Crippen molar-refractivity contribution in [2.45, 2.75) is 6.92 Å². The summed E-state index contributed by atoms with van der Waals surface area (Å²) in [4.78, 5) is 0. The lowest BCUT2D eigenvalue weighted by Crippen LogP contribution is -1.96. The van der Waals surface area contributed by atoms with E-state index in [4.69, 9.17) is 4.42 Å². The molecule has 0 aliphatic heterocycles. The Labute approximate surface area is 275 Å². The first-order valence-electron chi connectivity index (χ1n) is 16.2. The molecule has 224 valence electrons. The minimum absolute atomic E-state index is 0.662. The normalized spacial score (nSPS) is 11.8. The van der Waals surface area contributed by atoms with E-state index < -0.39 is 0 Å². The molecular formula is C44H27N3O. The van der Waals surface area contributed by atoms with Crippen LogP contribution in [0.2, 0.25) is 0 Å². The van der Waals surface area contributed by atoms with Gasteiger partial charge in [0.15, 0.2) is 0 Å². The van der Waals surface area contributed by atoms with Gasteiger partial charge in [-0.1, -0.05) is 78.9 Å². The number of hydrogen-bond donors (Lipinski definition) is 0. The molecule has 0 radical (unpaired) electrons. The summed E-state index contributed by atoms with van der Waals surface area (Å²) in [6.07, 6.45) is 0. The maximum atomic E-state index is 10.1. The first-order chi connectivity index (χ1) is 23.7. The number of hydrogen-bond acceptors (Lipinski definition) is 2. The monoisotopic (exact) mass is 613 g/mol. The summed E-state index contributed by atoms with van der Waals surface area (Å²) in [5.74, 6) is 0. The lowest BCUT2D eigenvalue weighted by atomic mass is 10.0. The Morgan fingerprint density at radius 3 is 2.00 bits per heavy atom. The summed E-state index contributed by atoms with van der Waals surface area (Å²) >= 11 is 0. The van der Waals surface area contributed by atoms with Gasteiger partial charge in [-0.15, -0.1) is 0 Å². The fourth-order valence-corrected chi connectivity index (χ4v) is 7.76. The number of rotatable bonds is 3. The van der Waals surface area contributed by atoms with Crippen molar-refractivity contribution >= 4 is 65.6 Å². The largest absolute Gasteiger partial charge is 0.456 e. The minimum Gasteiger partial charge on any atom is -0.456 e. The lowest BCUT2D eigenvalue weighted by Gasteiger charge is -2.11. The van der Waals surface area contributed by atoms with Gasteiger partial charge in [-0.25, -0.2) is 0 Å². The van der Waals surface area contributed by atoms with Crippen molar-refractivity contribution in [3.05, 3.63) is 157 Å². The molecule has 4 heteroatoms. The second-order valence-corrected chi connectivity index (χ2v) is 12.5. The van der Waals surface area contributed by atoms with Crippen LogP contribution in [0.15, 0.2) is 150 Å². The van der Waals surface area contributed by atoms with E-state index in [2.05, 4.69) is 156 Å². The molecular weight excluding hydrogens is 587 g/mol. The molecule has 7 aromatic carbocycles. The highest BCUT2D eigenvalue weighted by Gasteiger charge is 2.18. The Bertz CT molecular complexity index is 2980. The molecule has 0 spiro atoms. The van der Waals surface area contributed by atoms with Crippen LogP contribution in [0.5, 0.6) is 0 Å². The summed E-state index contributed by atoms with van der Waals surface area (Å²) in [6, 6.07) is 53.5. The van der Waals surface area contributed by atoms with Gasteiger partial charge in [0.25, 0.3) is 0 Å². The molecule has 0 aliphatic carbocycles. The van der Waals surface area contributed by atoms with E-state index in [0.717, 1.165) is 66.2 Å². The summed E-state index contributed by atoms with van der Waals surface area (Å²) in [6.45, 7) is 2.19. The highest BCUT2D eigenvalue weighted by molar-refractivity contribution is 6.13. The van der Waals surface area contributed by atoms with Crippen LogP contribution in [-0.2, 0) is 0 Å². The maximum absolute atomic E-state index is 10.1. The molecule has 10 aromatic rings. The van der Waals surface area contributed by atoms with E-state index >= 15 is 0 Å². The number of aryl methyl sites for hydroxylation is 1. The zero-order valence-electron chi connectivity index (χ0n) is 26.1. The van der Waals surface area contributed by atoms with Gasteiger partial charge in [0.05, 0.1) is 27.6 Å². The van der Waals surface area contributed by atoms with Gasteiger partial charge in [-0.2, -0.15) is 5.26 Å². The van der Waals surface area contributed by atoms with Crippen LogP contribution in [0.1, 0.15) is 11.1 Å². The lowest BCUT2D eigenvalue weighted by molar-refractivity contribution is 0.669. The molecule has 0 unspecified atom stereocenters. The van der Waals surface area contributed by atoms with Crippen LogP contribution in [0, 0.1) is 18.3 Å². The van der Waals surface area contributed by atoms with Crippen molar-refractivity contribution in [2.75, 3.05) is 0 Å². The first-order valence-corrected chi connectivity index (χ1v) is 16.2. The molecule has 0 saturated heterocycles. The highest BCUT2D eigenvalue weighted by Crippen LogP contribution is 2.39. The summed E-state index contributed by atoms with van der Waals surface area (Å²) < 4.78 is 11.0. The van der Waals surface area contributed by atoms with E-state index in [0.29, 0.717) is 5.56 Å². The predicted octanol–water partition coefficient (Wildman–Crippen LogP) is 11.6. The Morgan fingerprint density at radius 2 is 1.15 bits per heavy atom. The molecule has 3 heterocycles. The highest BCUT2D eigenvalue weighted by atomic mass is 16.3. The molecule has 0 atom stereocenters. The van der Waals surface area contributed by atoms with Gasteiger partial charge in [0.2, 0.25) is 0 Å². The van der Waals surface area contributed by atoms with Crippen molar-refractivity contribution in [2.24, 2.45) is 0 Å². The molecule has 0 N–H and O–H groups in total. The second-order valence-electron chi connectivity index (χ2n) is 12.5. The van der Waals surface area contributed by atoms with Crippen LogP contribution in [0.25, 0.3) is 88.1 Å². The van der Waals surface area contributed by atoms with Gasteiger partial charge in [0, 0.05) is 43.7 Å². The van der Waals surface area contributed by atoms with E-state index in [1.165, 1.54) is 27.4 Å². The molecule has 0 fully saturated rings. The van der Waals surface area contributed by atoms with Gasteiger partial charge in [-0.05, 0) is 90.3 Å². The van der Waals surface area contributed by atoms with Crippen LogP contribution in [0.3, 0.4) is 0 Å². The van der Waals surface area contributed by atoms with Crippen molar-refractivity contribution in [1.82, 2.24) is 9.13 Å². The minimum atomic E-state index is 0.662. The topological polar surface area (TPSA) is 46.8 Å². The van der Waals surface area contributed by atoms with E-state index in [1.54, 1.807) is 0 Å². The average molecular weight is 614 g/mol. The summed E-state index contributed by atoms with van der Waals surface area (Å²) in [5.41, 5.74) is 12.4. The number of para-hydroxylation sites is 3. The summed E-state index contributed by atoms with van der Waals surface area (Å²) in [7, 11) is 0. The number of nitriles is 1. The summed E-state index contributed by atoms with van der Waals surface area (Å²) in [5, 5.41) is 17.0. The molecule has 0 amide bonds. The Kier molecular flexibility index (Phi) is 5.53. The third kappa shape index (κ3) is 3.70. The number of benzene rings is 7. The van der Waals surface area contributed by atoms with Crippen molar-refractivity contribution in [3.63, 3.8) is 0 Å². The molecule has 0 bridgehead atoms. The number of aromatic nitrogens is 2. The van der Waals surface area contributed by atoms with Crippen LogP contribution in [0.4, 0.5) is 0 Å². The maximum Gasteiger partial charge on any atom is 0.135 e. The zero-order valence-corrected chi connectivity index (χ0v) is 26.1. The fourth-order valence-electron chi connectivity index (χ4n) is 7.76. The SMILES string of the molecule is Cc1cccc2c1c1ccccc1n2-c1ccc2oc3ccc(-c4cccc(-n5c6ccccc6c6cccc(C#N)c65)c4)cc3c2c1. The third-order valence-corrected chi connectivity index (χ3v) is 9.87. The predicted molar refractivity (Wildman–Crippen MR) is 197 cm³/mol. The van der Waals surface area contributed by atoms with E-state index in [9.17, 15) is 5.26 Å². The van der Waals surface area contributed by atoms with Crippen LogP contribution in [-0.4, -0.2) is 9.13 Å². The number of nitrogens with zero attached hydrogens (tertiary/aromatic N) is 3. The van der Waals surface area contributed by atoms with Crippen molar-refractivity contribution in [3.8, 4) is 28.6 Å². The second kappa shape index (κ2) is 9.96. The standard InChI is InChI=1S/C44H27N3O/c1-27-9-6-18-40-43(27)35-14-3-5-17-39(35)46(40)32-20-22-42-37(25-32)36-24-29(19-21-41(36)48-42)28-10-7-12-31(23-28)47-38-16-4-2-13-33(38)34-15-8-11-30(26-45)44(34)47/h2-25H,1H3. The third-order valence-electron chi connectivity index (χ3n) is 9.87. The number of furan rings is 1. The quantitative estimate of drug-likeness (QED) is 0.199.